The average Bonchev–Trinajstić information content (AvgIpc) is 2.92. The van der Waals surface area contributed by atoms with Gasteiger partial charge in [0.1, 0.15) is 0 Å². The second kappa shape index (κ2) is 4.78. The van der Waals surface area contributed by atoms with E-state index in [1.54, 1.807) is 0 Å². The molecule has 1 rings (SSSR count). The topological polar surface area (TPSA) is 49.3 Å². The van der Waals surface area contributed by atoms with E-state index in [4.69, 9.17) is 5.11 Å². The monoisotopic (exact) mass is 199 g/mol. The predicted molar refractivity (Wildman–Crippen MR) is 55.8 cm³/mol. The summed E-state index contributed by atoms with van der Waals surface area (Å²) >= 11 is 0. The van der Waals surface area contributed by atoms with Crippen LogP contribution in [-0.4, -0.2) is 24.2 Å². The summed E-state index contributed by atoms with van der Waals surface area (Å²) in [5.74, 6) is 0.701. The van der Waals surface area contributed by atoms with E-state index in [-0.39, 0.29) is 17.9 Å². The molecule has 82 valence electrons. The first-order valence-electron chi connectivity index (χ1n) is 5.45. The molecule has 0 aliphatic heterocycles. The molecule has 3 heteroatoms. The Kier molecular flexibility index (Phi) is 3.93. The van der Waals surface area contributed by atoms with Gasteiger partial charge in [0.05, 0.1) is 6.61 Å². The third-order valence-corrected chi connectivity index (χ3v) is 2.90. The Hall–Kier alpha value is -0.570. The first kappa shape index (κ1) is 11.5. The summed E-state index contributed by atoms with van der Waals surface area (Å²) in [6, 6.07) is 0. The molecule has 1 amide bonds. The molecule has 0 radical (unpaired) electrons. The lowest BCUT2D eigenvalue weighted by Crippen LogP contribution is -2.31. The van der Waals surface area contributed by atoms with Crippen LogP contribution in [0.4, 0.5) is 0 Å². The van der Waals surface area contributed by atoms with Crippen LogP contribution in [0.25, 0.3) is 0 Å². The van der Waals surface area contributed by atoms with Crippen LogP contribution in [0.2, 0.25) is 0 Å². The fourth-order valence-electron chi connectivity index (χ4n) is 1.36. The maximum Gasteiger partial charge on any atom is 0.220 e. The molecule has 0 aromatic rings. The number of carbonyl (C=O) groups is 1. The smallest absolute Gasteiger partial charge is 0.220 e. The highest BCUT2D eigenvalue weighted by Crippen LogP contribution is 2.44. The third-order valence-electron chi connectivity index (χ3n) is 2.90. The molecule has 0 saturated heterocycles. The lowest BCUT2D eigenvalue weighted by molar-refractivity contribution is -0.121. The van der Waals surface area contributed by atoms with E-state index in [1.165, 1.54) is 0 Å². The van der Waals surface area contributed by atoms with E-state index >= 15 is 0 Å². The van der Waals surface area contributed by atoms with Crippen molar-refractivity contribution in [2.45, 2.75) is 39.5 Å². The molecule has 1 saturated carbocycles. The molecule has 0 heterocycles. The second-order valence-electron chi connectivity index (χ2n) is 4.87. The molecule has 3 nitrogen and oxygen atoms in total. The second-order valence-corrected chi connectivity index (χ2v) is 4.87. The number of rotatable bonds is 6. The molecule has 1 fully saturated rings. The largest absolute Gasteiger partial charge is 0.396 e. The van der Waals surface area contributed by atoms with E-state index in [1.807, 2.05) is 0 Å². The molecule has 0 aromatic carbocycles. The fraction of sp³-hybridized carbons (Fsp3) is 0.909. The Labute approximate surface area is 85.9 Å². The average molecular weight is 199 g/mol. The minimum Gasteiger partial charge on any atom is -0.396 e. The minimum atomic E-state index is 0.0352. The minimum absolute atomic E-state index is 0.0352. The number of nitrogens with one attached hydrogen (secondary N) is 1. The van der Waals surface area contributed by atoms with Crippen LogP contribution in [0.1, 0.15) is 39.5 Å². The van der Waals surface area contributed by atoms with Crippen LogP contribution in [0.15, 0.2) is 0 Å². The van der Waals surface area contributed by atoms with Gasteiger partial charge in [0, 0.05) is 18.4 Å². The Morgan fingerprint density at radius 3 is 2.57 bits per heavy atom. The van der Waals surface area contributed by atoms with E-state index in [9.17, 15) is 4.79 Å². The Bertz CT molecular complexity index is 197. The summed E-state index contributed by atoms with van der Waals surface area (Å²) < 4.78 is 0. The van der Waals surface area contributed by atoms with E-state index in [0.717, 1.165) is 19.3 Å². The van der Waals surface area contributed by atoms with Gasteiger partial charge in [0.25, 0.3) is 0 Å². The van der Waals surface area contributed by atoms with E-state index in [2.05, 4.69) is 19.2 Å². The van der Waals surface area contributed by atoms with Crippen molar-refractivity contribution >= 4 is 5.91 Å². The first-order valence-corrected chi connectivity index (χ1v) is 5.45. The van der Waals surface area contributed by atoms with Crippen LogP contribution >= 0.6 is 0 Å². The SMILES string of the molecule is CC(C)CCC(=O)NCC1(CO)CC1. The summed E-state index contributed by atoms with van der Waals surface area (Å²) in [6.07, 6.45) is 3.65. The van der Waals surface area contributed by atoms with Crippen molar-refractivity contribution in [3.63, 3.8) is 0 Å². The lowest BCUT2D eigenvalue weighted by atomic mass is 10.1. The number of hydrogen-bond donors (Lipinski definition) is 2. The van der Waals surface area contributed by atoms with Crippen molar-refractivity contribution in [3.8, 4) is 0 Å². The van der Waals surface area contributed by atoms with Crippen molar-refractivity contribution in [1.29, 1.82) is 0 Å². The number of amides is 1. The third kappa shape index (κ3) is 3.66. The van der Waals surface area contributed by atoms with Crippen molar-refractivity contribution < 1.29 is 9.90 Å². The summed E-state index contributed by atoms with van der Waals surface area (Å²) in [6.45, 7) is 5.09. The van der Waals surface area contributed by atoms with Crippen molar-refractivity contribution in [1.82, 2.24) is 5.32 Å². The maximum atomic E-state index is 11.3. The molecule has 0 atom stereocenters. The zero-order chi connectivity index (χ0) is 10.6. The Morgan fingerprint density at radius 1 is 1.50 bits per heavy atom. The van der Waals surface area contributed by atoms with Gasteiger partial charge in [0.15, 0.2) is 0 Å². The Morgan fingerprint density at radius 2 is 2.14 bits per heavy atom. The Balaban J connectivity index is 2.09. The van der Waals surface area contributed by atoms with Gasteiger partial charge in [-0.05, 0) is 25.2 Å². The van der Waals surface area contributed by atoms with Gasteiger partial charge in [0.2, 0.25) is 5.91 Å². The highest BCUT2D eigenvalue weighted by atomic mass is 16.3. The van der Waals surface area contributed by atoms with Crippen LogP contribution in [-0.2, 0) is 4.79 Å². The van der Waals surface area contributed by atoms with Crippen LogP contribution in [0.3, 0.4) is 0 Å². The molecular formula is C11H21NO2. The summed E-state index contributed by atoms with van der Waals surface area (Å²) in [7, 11) is 0. The van der Waals surface area contributed by atoms with Crippen LogP contribution < -0.4 is 5.32 Å². The zero-order valence-corrected chi connectivity index (χ0v) is 9.18. The standard InChI is InChI=1S/C11H21NO2/c1-9(2)3-4-10(14)12-7-11(8-13)5-6-11/h9,13H,3-8H2,1-2H3,(H,12,14). The van der Waals surface area contributed by atoms with Gasteiger partial charge in [-0.25, -0.2) is 0 Å². The van der Waals surface area contributed by atoms with Gasteiger partial charge < -0.3 is 10.4 Å². The zero-order valence-electron chi connectivity index (χ0n) is 9.18. The van der Waals surface area contributed by atoms with E-state index in [0.29, 0.717) is 18.9 Å². The fourth-order valence-corrected chi connectivity index (χ4v) is 1.36. The highest BCUT2D eigenvalue weighted by molar-refractivity contribution is 5.75. The van der Waals surface area contributed by atoms with Crippen molar-refractivity contribution in [3.05, 3.63) is 0 Å². The van der Waals surface area contributed by atoms with Gasteiger partial charge >= 0.3 is 0 Å². The molecule has 0 aromatic heterocycles. The molecule has 0 unspecified atom stereocenters. The number of aliphatic hydroxyl groups is 1. The lowest BCUT2D eigenvalue weighted by Gasteiger charge is -2.13. The quantitative estimate of drug-likeness (QED) is 0.677. The van der Waals surface area contributed by atoms with Gasteiger partial charge in [-0.3, -0.25) is 4.79 Å². The van der Waals surface area contributed by atoms with Crippen molar-refractivity contribution in [2.75, 3.05) is 13.2 Å². The summed E-state index contributed by atoms with van der Waals surface area (Å²) in [5, 5.41) is 11.9. The molecule has 0 spiro atoms. The molecule has 1 aliphatic carbocycles. The van der Waals surface area contributed by atoms with Crippen molar-refractivity contribution in [2.24, 2.45) is 11.3 Å². The molecule has 0 bridgehead atoms. The van der Waals surface area contributed by atoms with Gasteiger partial charge in [-0.1, -0.05) is 13.8 Å². The molecule has 2 N–H and O–H groups in total. The highest BCUT2D eigenvalue weighted by Gasteiger charge is 2.41. The van der Waals surface area contributed by atoms with Crippen LogP contribution in [0.5, 0.6) is 0 Å². The first-order chi connectivity index (χ1) is 6.58. The van der Waals surface area contributed by atoms with E-state index < -0.39 is 0 Å². The number of hydrogen-bond acceptors (Lipinski definition) is 2. The van der Waals surface area contributed by atoms with Gasteiger partial charge in [-0.2, -0.15) is 0 Å². The number of aliphatic hydroxyl groups excluding tert-OH is 1. The van der Waals surface area contributed by atoms with Crippen LogP contribution in [0, 0.1) is 11.3 Å². The summed E-state index contributed by atoms with van der Waals surface area (Å²) in [5.41, 5.74) is 0.0352. The maximum absolute atomic E-state index is 11.3. The predicted octanol–water partition coefficient (Wildman–Crippen LogP) is 1.31. The molecular weight excluding hydrogens is 178 g/mol. The normalized spacial score (nSPS) is 18.3. The molecule has 1 aliphatic rings. The van der Waals surface area contributed by atoms with Gasteiger partial charge in [-0.15, -0.1) is 0 Å². The number of carbonyl (C=O) groups excluding carboxylic acids is 1. The molecule has 14 heavy (non-hydrogen) atoms. The summed E-state index contributed by atoms with van der Waals surface area (Å²) in [4.78, 5) is 11.3.